The van der Waals surface area contributed by atoms with E-state index in [4.69, 9.17) is 5.73 Å². The van der Waals surface area contributed by atoms with Gasteiger partial charge in [0.05, 0.1) is 5.75 Å². The molecule has 0 bridgehead atoms. The fourth-order valence-corrected chi connectivity index (χ4v) is 4.77. The topological polar surface area (TPSA) is 80.9 Å². The smallest absolute Gasteiger partial charge is 0.230 e. The van der Waals surface area contributed by atoms with E-state index in [0.717, 1.165) is 21.7 Å². The summed E-state index contributed by atoms with van der Waals surface area (Å²) in [5.74, 6) is 0.795. The van der Waals surface area contributed by atoms with Gasteiger partial charge < -0.3 is 11.1 Å². The molecule has 0 aliphatic rings. The Balaban J connectivity index is 2.07. The van der Waals surface area contributed by atoms with Gasteiger partial charge in [-0.1, -0.05) is 25.6 Å². The summed E-state index contributed by atoms with van der Waals surface area (Å²) in [7, 11) is 0. The average Bonchev–Trinajstić information content (AvgIpc) is 2.80. The maximum absolute atomic E-state index is 12.4. The van der Waals surface area contributed by atoms with Crippen molar-refractivity contribution in [3.63, 3.8) is 0 Å². The number of aromatic nitrogens is 2. The van der Waals surface area contributed by atoms with Crippen molar-refractivity contribution in [3.8, 4) is 0 Å². The number of thioether (sulfide) groups is 1. The number of nitrogens with zero attached hydrogens (tertiary/aromatic N) is 2. The third kappa shape index (κ3) is 4.46. The fraction of sp³-hybridized carbons (Fsp3) is 0.588. The SMILES string of the molecule is Cc1sc2ncnc(SCC(=O)NC(C)(CN)CC(C)C)c2c1C. The molecule has 7 heteroatoms. The predicted octanol–water partition coefficient (Wildman–Crippen LogP) is 3.28. The number of nitrogens with two attached hydrogens (primary N) is 1. The Morgan fingerprint density at radius 1 is 1.42 bits per heavy atom. The molecular weight excluding hydrogens is 340 g/mol. The molecule has 2 aromatic heterocycles. The van der Waals surface area contributed by atoms with Crippen LogP contribution in [0.2, 0.25) is 0 Å². The summed E-state index contributed by atoms with van der Waals surface area (Å²) >= 11 is 3.12. The number of fused-ring (bicyclic) bond motifs is 1. The van der Waals surface area contributed by atoms with E-state index >= 15 is 0 Å². The minimum Gasteiger partial charge on any atom is -0.349 e. The highest BCUT2D eigenvalue weighted by molar-refractivity contribution is 8.00. The van der Waals surface area contributed by atoms with Crippen LogP contribution in [-0.2, 0) is 4.79 Å². The van der Waals surface area contributed by atoms with Crippen molar-refractivity contribution < 1.29 is 4.79 Å². The second-order valence-electron chi connectivity index (χ2n) is 6.84. The molecule has 2 heterocycles. The van der Waals surface area contributed by atoms with Gasteiger partial charge in [-0.25, -0.2) is 9.97 Å². The molecule has 0 radical (unpaired) electrons. The van der Waals surface area contributed by atoms with Crippen molar-refractivity contribution in [2.24, 2.45) is 11.7 Å². The molecule has 0 fully saturated rings. The number of amides is 1. The molecule has 3 N–H and O–H groups in total. The molecule has 0 saturated heterocycles. The van der Waals surface area contributed by atoms with Crippen molar-refractivity contribution in [1.29, 1.82) is 0 Å². The molecule has 1 atom stereocenters. The highest BCUT2D eigenvalue weighted by Gasteiger charge is 2.26. The van der Waals surface area contributed by atoms with E-state index in [1.165, 1.54) is 22.2 Å². The minimum atomic E-state index is -0.359. The first-order valence-electron chi connectivity index (χ1n) is 8.10. The first kappa shape index (κ1) is 19.1. The van der Waals surface area contributed by atoms with Gasteiger partial charge in [0.15, 0.2) is 0 Å². The Morgan fingerprint density at radius 3 is 2.75 bits per heavy atom. The third-order valence-electron chi connectivity index (χ3n) is 4.02. The number of nitrogens with one attached hydrogen (secondary N) is 1. The van der Waals surface area contributed by atoms with E-state index in [0.29, 0.717) is 18.2 Å². The Bertz CT molecular complexity index is 729. The molecule has 24 heavy (non-hydrogen) atoms. The lowest BCUT2D eigenvalue weighted by Crippen LogP contribution is -2.52. The van der Waals surface area contributed by atoms with Crippen LogP contribution in [0.15, 0.2) is 11.4 Å². The lowest BCUT2D eigenvalue weighted by molar-refractivity contribution is -0.120. The minimum absolute atomic E-state index is 0.00929. The number of carbonyl (C=O) groups excluding carboxylic acids is 1. The molecular formula is C17H26N4OS2. The number of hydrogen-bond acceptors (Lipinski definition) is 6. The second kappa shape index (κ2) is 7.80. The van der Waals surface area contributed by atoms with Crippen molar-refractivity contribution in [3.05, 3.63) is 16.8 Å². The summed E-state index contributed by atoms with van der Waals surface area (Å²) in [5, 5.41) is 5.03. The first-order chi connectivity index (χ1) is 11.3. The quantitative estimate of drug-likeness (QED) is 0.580. The zero-order valence-corrected chi connectivity index (χ0v) is 16.6. The number of hydrogen-bond donors (Lipinski definition) is 2. The van der Waals surface area contributed by atoms with Crippen LogP contribution in [0.25, 0.3) is 10.2 Å². The van der Waals surface area contributed by atoms with Gasteiger partial charge in [0.1, 0.15) is 16.2 Å². The van der Waals surface area contributed by atoms with Crippen molar-refractivity contribution in [2.45, 2.75) is 51.6 Å². The number of thiophene rings is 1. The van der Waals surface area contributed by atoms with Gasteiger partial charge in [-0.3, -0.25) is 4.79 Å². The molecule has 0 spiro atoms. The van der Waals surface area contributed by atoms with E-state index in [1.807, 2.05) is 6.92 Å². The van der Waals surface area contributed by atoms with E-state index < -0.39 is 0 Å². The van der Waals surface area contributed by atoms with Gasteiger partial charge in [-0.15, -0.1) is 11.3 Å². The Labute approximate surface area is 151 Å². The van der Waals surface area contributed by atoms with Crippen LogP contribution in [0.5, 0.6) is 0 Å². The molecule has 1 amide bonds. The Kier molecular flexibility index (Phi) is 6.22. The maximum Gasteiger partial charge on any atom is 0.230 e. The third-order valence-corrected chi connectivity index (χ3v) is 6.13. The molecule has 132 valence electrons. The molecule has 2 aromatic rings. The first-order valence-corrected chi connectivity index (χ1v) is 9.90. The lowest BCUT2D eigenvalue weighted by atomic mass is 9.91. The second-order valence-corrected chi connectivity index (χ2v) is 9.01. The average molecular weight is 367 g/mol. The van der Waals surface area contributed by atoms with Crippen LogP contribution in [0.4, 0.5) is 0 Å². The van der Waals surface area contributed by atoms with Gasteiger partial charge in [0.25, 0.3) is 0 Å². The molecule has 0 aliphatic heterocycles. The van der Waals surface area contributed by atoms with E-state index in [2.05, 4.69) is 43.0 Å². The molecule has 0 aromatic carbocycles. The lowest BCUT2D eigenvalue weighted by Gasteiger charge is -2.31. The van der Waals surface area contributed by atoms with Gasteiger partial charge in [-0.05, 0) is 38.7 Å². The van der Waals surface area contributed by atoms with E-state index in [1.54, 1.807) is 17.7 Å². The van der Waals surface area contributed by atoms with Gasteiger partial charge in [0, 0.05) is 22.3 Å². The maximum atomic E-state index is 12.4. The van der Waals surface area contributed by atoms with Crippen LogP contribution >= 0.6 is 23.1 Å². The van der Waals surface area contributed by atoms with Crippen LogP contribution in [0, 0.1) is 19.8 Å². The highest BCUT2D eigenvalue weighted by atomic mass is 32.2. The summed E-state index contributed by atoms with van der Waals surface area (Å²) in [5.41, 5.74) is 6.71. The van der Waals surface area contributed by atoms with E-state index in [9.17, 15) is 4.79 Å². The summed E-state index contributed by atoms with van der Waals surface area (Å²) in [6, 6.07) is 0. The molecule has 0 saturated carbocycles. The molecule has 1 unspecified atom stereocenters. The standard InChI is InChI=1S/C17H26N4OS2/c1-10(2)6-17(5,8-18)21-13(22)7-23-15-14-11(3)12(4)24-16(14)20-9-19-15/h9-10H,6-8,18H2,1-5H3,(H,21,22). The Morgan fingerprint density at radius 2 is 2.12 bits per heavy atom. The van der Waals surface area contributed by atoms with Gasteiger partial charge in [-0.2, -0.15) is 0 Å². The largest absolute Gasteiger partial charge is 0.349 e. The zero-order valence-electron chi connectivity index (χ0n) is 15.0. The summed E-state index contributed by atoms with van der Waals surface area (Å²) in [6.07, 6.45) is 2.43. The van der Waals surface area contributed by atoms with E-state index in [-0.39, 0.29) is 11.4 Å². The summed E-state index contributed by atoms with van der Waals surface area (Å²) in [4.78, 5) is 23.3. The van der Waals surface area contributed by atoms with Gasteiger partial charge >= 0.3 is 0 Å². The van der Waals surface area contributed by atoms with Gasteiger partial charge in [0.2, 0.25) is 5.91 Å². The summed E-state index contributed by atoms with van der Waals surface area (Å²) < 4.78 is 0. The highest BCUT2D eigenvalue weighted by Crippen LogP contribution is 2.34. The molecule has 5 nitrogen and oxygen atoms in total. The Hall–Kier alpha value is -1.18. The zero-order chi connectivity index (χ0) is 17.9. The van der Waals surface area contributed by atoms with Crippen LogP contribution < -0.4 is 11.1 Å². The number of aryl methyl sites for hydroxylation is 2. The molecule has 0 aliphatic carbocycles. The number of rotatable bonds is 7. The van der Waals surface area contributed by atoms with Crippen molar-refractivity contribution in [2.75, 3.05) is 12.3 Å². The summed E-state index contributed by atoms with van der Waals surface area (Å²) in [6.45, 7) is 10.9. The predicted molar refractivity (Wildman–Crippen MR) is 103 cm³/mol. The van der Waals surface area contributed by atoms with Crippen LogP contribution in [-0.4, -0.2) is 33.7 Å². The normalized spacial score (nSPS) is 14.1. The van der Waals surface area contributed by atoms with Crippen molar-refractivity contribution in [1.82, 2.24) is 15.3 Å². The van der Waals surface area contributed by atoms with Crippen molar-refractivity contribution >= 4 is 39.2 Å². The monoisotopic (exact) mass is 366 g/mol. The molecule has 2 rings (SSSR count). The number of carbonyl (C=O) groups is 1. The fourth-order valence-electron chi connectivity index (χ4n) is 2.85. The van der Waals surface area contributed by atoms with Crippen LogP contribution in [0.1, 0.15) is 37.6 Å². The van der Waals surface area contributed by atoms with Crippen LogP contribution in [0.3, 0.4) is 0 Å².